The molecule has 0 spiro atoms. The second-order valence-electron chi connectivity index (χ2n) is 6.20. The summed E-state index contributed by atoms with van der Waals surface area (Å²) in [6.07, 6.45) is 19.8. The Hall–Kier alpha value is -0.400. The summed E-state index contributed by atoms with van der Waals surface area (Å²) in [4.78, 5) is 10.4. The lowest BCUT2D eigenvalue weighted by Crippen LogP contribution is -2.00. The van der Waals surface area contributed by atoms with Crippen molar-refractivity contribution in [3.05, 3.63) is 4.91 Å². The van der Waals surface area contributed by atoms with E-state index in [0.717, 1.165) is 12.8 Å². The Morgan fingerprint density at radius 3 is 1.40 bits per heavy atom. The molecule has 0 aliphatic heterocycles. The molecule has 1 atom stereocenters. The lowest BCUT2D eigenvalue weighted by atomic mass is 10.0. The zero-order valence-electron chi connectivity index (χ0n) is 14.0. The topological polar surface area (TPSA) is 29.4 Å². The van der Waals surface area contributed by atoms with Crippen LogP contribution in [-0.4, -0.2) is 6.04 Å². The molecule has 0 fully saturated rings. The first-order valence-electron chi connectivity index (χ1n) is 9.17. The highest BCUT2D eigenvalue weighted by Crippen LogP contribution is 2.14. The van der Waals surface area contributed by atoms with Gasteiger partial charge in [-0.25, -0.2) is 0 Å². The Labute approximate surface area is 127 Å². The van der Waals surface area contributed by atoms with Crippen LogP contribution in [0.2, 0.25) is 0 Å². The Balaban J connectivity index is 3.04. The number of hydrogen-bond acceptors (Lipinski definition) is 2. The quantitative estimate of drug-likeness (QED) is 0.221. The Bertz CT molecular complexity index is 194. The zero-order chi connectivity index (χ0) is 14.9. The molecule has 0 radical (unpaired) electrons. The van der Waals surface area contributed by atoms with Crippen molar-refractivity contribution in [3.8, 4) is 0 Å². The highest BCUT2D eigenvalue weighted by Gasteiger charge is 2.04. The van der Waals surface area contributed by atoms with Crippen LogP contribution in [0, 0.1) is 4.91 Å². The van der Waals surface area contributed by atoms with Gasteiger partial charge in [0.05, 0.1) is 6.04 Å². The van der Waals surface area contributed by atoms with E-state index in [9.17, 15) is 4.91 Å². The van der Waals surface area contributed by atoms with E-state index in [1.165, 1.54) is 83.5 Å². The minimum atomic E-state index is 0.0720. The van der Waals surface area contributed by atoms with Gasteiger partial charge < -0.3 is 0 Å². The van der Waals surface area contributed by atoms with Gasteiger partial charge in [-0.3, -0.25) is 0 Å². The number of nitroso groups, excluding NO2 is 1. The van der Waals surface area contributed by atoms with E-state index in [1.54, 1.807) is 0 Å². The molecule has 0 heterocycles. The van der Waals surface area contributed by atoms with Crippen LogP contribution in [0.25, 0.3) is 0 Å². The third kappa shape index (κ3) is 14.0. The van der Waals surface area contributed by atoms with Gasteiger partial charge in [0.15, 0.2) is 0 Å². The molecule has 0 saturated carbocycles. The van der Waals surface area contributed by atoms with Crippen molar-refractivity contribution in [2.75, 3.05) is 0 Å². The van der Waals surface area contributed by atoms with Crippen molar-refractivity contribution < 1.29 is 0 Å². The van der Waals surface area contributed by atoms with Crippen molar-refractivity contribution in [1.82, 2.24) is 0 Å². The number of nitrogens with zero attached hydrogens (tertiary/aromatic N) is 1. The molecule has 120 valence electrons. The molecule has 1 unspecified atom stereocenters. The molecule has 0 amide bonds. The molecule has 0 aliphatic carbocycles. The molecule has 2 heteroatoms. The second-order valence-corrected chi connectivity index (χ2v) is 6.20. The van der Waals surface area contributed by atoms with Gasteiger partial charge in [0.25, 0.3) is 0 Å². The fourth-order valence-corrected chi connectivity index (χ4v) is 2.73. The van der Waals surface area contributed by atoms with Crippen LogP contribution < -0.4 is 0 Å². The third-order valence-corrected chi connectivity index (χ3v) is 4.26. The van der Waals surface area contributed by atoms with E-state index in [1.807, 2.05) is 6.92 Å². The monoisotopic (exact) mass is 283 g/mol. The van der Waals surface area contributed by atoms with Crippen LogP contribution in [0.1, 0.15) is 110 Å². The SMILES string of the molecule is CCCCCCCCCCCCCCCC(CC)N=O. The smallest absolute Gasteiger partial charge is 0.0917 e. The molecule has 0 aliphatic rings. The standard InChI is InChI=1S/C18H37NO/c1-3-5-6-7-8-9-10-11-12-13-14-15-16-17-18(4-2)19-20/h18H,3-17H2,1-2H3. The van der Waals surface area contributed by atoms with Crippen molar-refractivity contribution in [1.29, 1.82) is 0 Å². The van der Waals surface area contributed by atoms with E-state index < -0.39 is 0 Å². The largest absolute Gasteiger partial charge is 0.151 e. The molecule has 0 rings (SSSR count). The minimum absolute atomic E-state index is 0.0720. The van der Waals surface area contributed by atoms with Gasteiger partial charge in [-0.05, 0) is 12.8 Å². The average molecular weight is 283 g/mol. The fourth-order valence-electron chi connectivity index (χ4n) is 2.73. The van der Waals surface area contributed by atoms with E-state index in [0.29, 0.717) is 0 Å². The van der Waals surface area contributed by atoms with E-state index in [4.69, 9.17) is 0 Å². The average Bonchev–Trinajstić information content (AvgIpc) is 2.48. The van der Waals surface area contributed by atoms with Crippen LogP contribution in [-0.2, 0) is 0 Å². The van der Waals surface area contributed by atoms with Crippen molar-refractivity contribution in [2.45, 2.75) is 116 Å². The van der Waals surface area contributed by atoms with Crippen LogP contribution >= 0.6 is 0 Å². The summed E-state index contributed by atoms with van der Waals surface area (Å²) in [5.74, 6) is 0. The second kappa shape index (κ2) is 16.7. The highest BCUT2D eigenvalue weighted by molar-refractivity contribution is 4.62. The molecule has 20 heavy (non-hydrogen) atoms. The summed E-state index contributed by atoms with van der Waals surface area (Å²) in [5.41, 5.74) is 0. The highest BCUT2D eigenvalue weighted by atomic mass is 16.3. The minimum Gasteiger partial charge on any atom is -0.151 e. The van der Waals surface area contributed by atoms with Gasteiger partial charge in [0.1, 0.15) is 0 Å². The van der Waals surface area contributed by atoms with Gasteiger partial charge in [-0.15, -0.1) is 0 Å². The molecular formula is C18H37NO. The van der Waals surface area contributed by atoms with E-state index >= 15 is 0 Å². The predicted molar refractivity (Wildman–Crippen MR) is 90.2 cm³/mol. The van der Waals surface area contributed by atoms with Gasteiger partial charge >= 0.3 is 0 Å². The van der Waals surface area contributed by atoms with Crippen molar-refractivity contribution >= 4 is 0 Å². The van der Waals surface area contributed by atoms with E-state index in [-0.39, 0.29) is 6.04 Å². The Morgan fingerprint density at radius 2 is 1.05 bits per heavy atom. The fraction of sp³-hybridized carbons (Fsp3) is 1.00. The van der Waals surface area contributed by atoms with Crippen LogP contribution in [0.3, 0.4) is 0 Å². The maximum Gasteiger partial charge on any atom is 0.0917 e. The lowest BCUT2D eigenvalue weighted by molar-refractivity contribution is 0.511. The first-order chi connectivity index (χ1) is 9.85. The van der Waals surface area contributed by atoms with Crippen LogP contribution in [0.5, 0.6) is 0 Å². The molecule has 0 aromatic carbocycles. The maximum atomic E-state index is 10.4. The van der Waals surface area contributed by atoms with Crippen molar-refractivity contribution in [3.63, 3.8) is 0 Å². The van der Waals surface area contributed by atoms with Gasteiger partial charge in [-0.2, -0.15) is 4.91 Å². The Kier molecular flexibility index (Phi) is 16.3. The lowest BCUT2D eigenvalue weighted by Gasteiger charge is -2.05. The predicted octanol–water partition coefficient (Wildman–Crippen LogP) is 7.01. The molecule has 0 saturated heterocycles. The molecular weight excluding hydrogens is 246 g/mol. The van der Waals surface area contributed by atoms with Gasteiger partial charge in [0, 0.05) is 0 Å². The van der Waals surface area contributed by atoms with E-state index in [2.05, 4.69) is 12.1 Å². The van der Waals surface area contributed by atoms with Crippen LogP contribution in [0.4, 0.5) is 0 Å². The first-order valence-corrected chi connectivity index (χ1v) is 9.17. The zero-order valence-corrected chi connectivity index (χ0v) is 14.0. The normalized spacial score (nSPS) is 12.5. The molecule has 0 N–H and O–H groups in total. The summed E-state index contributed by atoms with van der Waals surface area (Å²) in [6.45, 7) is 4.33. The summed E-state index contributed by atoms with van der Waals surface area (Å²) >= 11 is 0. The number of rotatable bonds is 16. The summed E-state index contributed by atoms with van der Waals surface area (Å²) in [7, 11) is 0. The molecule has 0 aromatic heterocycles. The number of hydrogen-bond donors (Lipinski definition) is 0. The molecule has 0 aromatic rings. The van der Waals surface area contributed by atoms with Gasteiger partial charge in [-0.1, -0.05) is 102 Å². The Morgan fingerprint density at radius 1 is 0.650 bits per heavy atom. The summed E-state index contributed by atoms with van der Waals surface area (Å²) in [5, 5.41) is 3.15. The number of unbranched alkanes of at least 4 members (excludes halogenated alkanes) is 12. The maximum absolute atomic E-state index is 10.4. The molecule has 0 bridgehead atoms. The molecule has 2 nitrogen and oxygen atoms in total. The third-order valence-electron chi connectivity index (χ3n) is 4.26. The van der Waals surface area contributed by atoms with Crippen molar-refractivity contribution in [2.24, 2.45) is 5.18 Å². The first kappa shape index (κ1) is 19.6. The summed E-state index contributed by atoms with van der Waals surface area (Å²) in [6, 6.07) is 0.0720. The summed E-state index contributed by atoms with van der Waals surface area (Å²) < 4.78 is 0. The van der Waals surface area contributed by atoms with Crippen LogP contribution in [0.15, 0.2) is 5.18 Å². The van der Waals surface area contributed by atoms with Gasteiger partial charge in [0.2, 0.25) is 0 Å².